The SMILES string of the molecule is [C-]#[N+]c1cn(CC(=O)[C@H]2[C@H]3C[C@H]3[C@H]3[C@@H]4CC[C@@H]5C[C@](C)(O)CC[C@@H]5[C@H]4CC[C@@]32C)nc1Cl. The molecule has 172 valence electrons. The fraction of sp³-hybridized carbons (Fsp3) is 0.808. The summed E-state index contributed by atoms with van der Waals surface area (Å²) in [5.74, 6) is 5.41. The van der Waals surface area contributed by atoms with Crippen molar-refractivity contribution in [2.75, 3.05) is 0 Å². The molecule has 5 nitrogen and oxygen atoms in total. The molecule has 6 rings (SSSR count). The highest BCUT2D eigenvalue weighted by molar-refractivity contribution is 6.32. The predicted molar refractivity (Wildman–Crippen MR) is 122 cm³/mol. The largest absolute Gasteiger partial charge is 0.390 e. The normalized spacial score (nSPS) is 48.7. The van der Waals surface area contributed by atoms with Gasteiger partial charge in [-0.25, -0.2) is 4.85 Å². The van der Waals surface area contributed by atoms with E-state index in [0.29, 0.717) is 29.2 Å². The van der Waals surface area contributed by atoms with Crippen LogP contribution in [0.5, 0.6) is 0 Å². The van der Waals surface area contributed by atoms with Crippen molar-refractivity contribution >= 4 is 23.1 Å². The lowest BCUT2D eigenvalue weighted by Crippen LogP contribution is -2.52. The van der Waals surface area contributed by atoms with Crippen LogP contribution < -0.4 is 0 Å². The minimum absolute atomic E-state index is 0.110. The van der Waals surface area contributed by atoms with E-state index in [2.05, 4.69) is 16.9 Å². The van der Waals surface area contributed by atoms with Gasteiger partial charge in [0.15, 0.2) is 10.9 Å². The van der Waals surface area contributed by atoms with Crippen LogP contribution in [0.15, 0.2) is 6.20 Å². The number of ketones is 1. The predicted octanol–water partition coefficient (Wildman–Crippen LogP) is 5.53. The number of nitrogens with zero attached hydrogens (tertiary/aromatic N) is 3. The van der Waals surface area contributed by atoms with Gasteiger partial charge in [-0.05, 0) is 105 Å². The molecule has 0 bridgehead atoms. The van der Waals surface area contributed by atoms with Crippen molar-refractivity contribution in [1.29, 1.82) is 0 Å². The van der Waals surface area contributed by atoms with Gasteiger partial charge >= 0.3 is 0 Å². The third-order valence-electron chi connectivity index (χ3n) is 10.5. The standard InChI is InChI=1S/C26H34ClN3O2/c1-25(32)8-6-15-14(11-25)4-5-17-16(15)7-9-26(2)22(17)18-10-19(18)23(26)21(31)13-30-12-20(28-3)24(27)29-30/h12,14-19,22-23,32H,4-11,13H2,1-2H3/t14-,15+,16-,17-,18-,19+,22-,23-,25-,26+/m1/s1. The maximum absolute atomic E-state index is 13.6. The van der Waals surface area contributed by atoms with E-state index < -0.39 is 5.60 Å². The van der Waals surface area contributed by atoms with Crippen LogP contribution >= 0.6 is 11.6 Å². The second-order valence-electron chi connectivity index (χ2n) is 12.3. The number of carbonyl (C=O) groups is 1. The van der Waals surface area contributed by atoms with E-state index in [9.17, 15) is 9.90 Å². The summed E-state index contributed by atoms with van der Waals surface area (Å²) in [5.41, 5.74) is -0.0344. The van der Waals surface area contributed by atoms with E-state index in [1.165, 1.54) is 32.1 Å². The van der Waals surface area contributed by atoms with Gasteiger partial charge in [0.2, 0.25) is 5.69 Å². The topological polar surface area (TPSA) is 59.5 Å². The van der Waals surface area contributed by atoms with Crippen LogP contribution in [0.2, 0.25) is 5.15 Å². The van der Waals surface area contributed by atoms with Crippen molar-refractivity contribution in [2.24, 2.45) is 52.8 Å². The van der Waals surface area contributed by atoms with Crippen LogP contribution in [-0.4, -0.2) is 26.3 Å². The average molecular weight is 456 g/mol. The minimum Gasteiger partial charge on any atom is -0.390 e. The zero-order chi connectivity index (χ0) is 22.4. The molecule has 6 heteroatoms. The van der Waals surface area contributed by atoms with Crippen molar-refractivity contribution in [2.45, 2.75) is 77.4 Å². The molecule has 5 aliphatic carbocycles. The molecule has 0 unspecified atom stereocenters. The number of carbonyl (C=O) groups excluding carboxylic acids is 1. The van der Waals surface area contributed by atoms with Gasteiger partial charge in [0, 0.05) is 12.1 Å². The van der Waals surface area contributed by atoms with E-state index in [1.54, 1.807) is 10.9 Å². The number of aromatic nitrogens is 2. The zero-order valence-corrected chi connectivity index (χ0v) is 19.9. The van der Waals surface area contributed by atoms with Crippen LogP contribution in [0.3, 0.4) is 0 Å². The minimum atomic E-state index is -0.466. The molecule has 1 N–H and O–H groups in total. The summed E-state index contributed by atoms with van der Waals surface area (Å²) in [6.07, 6.45) is 10.9. The molecule has 1 aromatic rings. The van der Waals surface area contributed by atoms with Gasteiger partial charge in [0.05, 0.1) is 18.7 Å². The number of rotatable bonds is 3. The molecule has 0 aromatic carbocycles. The van der Waals surface area contributed by atoms with Gasteiger partial charge < -0.3 is 5.11 Å². The molecule has 1 aromatic heterocycles. The van der Waals surface area contributed by atoms with Crippen LogP contribution in [-0.2, 0) is 11.3 Å². The van der Waals surface area contributed by atoms with Gasteiger partial charge in [-0.15, -0.1) is 0 Å². The average Bonchev–Trinajstić information content (AvgIpc) is 3.32. The second kappa shape index (κ2) is 7.06. The second-order valence-corrected chi connectivity index (χ2v) is 12.6. The molecule has 32 heavy (non-hydrogen) atoms. The highest BCUT2D eigenvalue weighted by Gasteiger charge is 2.70. The Morgan fingerprint density at radius 1 is 1.19 bits per heavy atom. The molecule has 0 radical (unpaired) electrons. The Hall–Kier alpha value is -1.38. The van der Waals surface area contributed by atoms with Crippen LogP contribution in [0.25, 0.3) is 4.85 Å². The Labute approximate surface area is 195 Å². The molecule has 0 saturated heterocycles. The fourth-order valence-corrected chi connectivity index (χ4v) is 9.64. The monoisotopic (exact) mass is 455 g/mol. The van der Waals surface area contributed by atoms with Gasteiger partial charge in [-0.1, -0.05) is 18.5 Å². The molecular weight excluding hydrogens is 422 g/mol. The van der Waals surface area contributed by atoms with E-state index in [0.717, 1.165) is 42.9 Å². The van der Waals surface area contributed by atoms with E-state index in [1.807, 2.05) is 6.92 Å². The third kappa shape index (κ3) is 3.05. The number of hydrogen-bond donors (Lipinski definition) is 1. The molecule has 1 heterocycles. The number of halogens is 1. The summed E-state index contributed by atoms with van der Waals surface area (Å²) < 4.78 is 1.58. The van der Waals surface area contributed by atoms with Crippen molar-refractivity contribution in [1.82, 2.24) is 9.78 Å². The quantitative estimate of drug-likeness (QED) is 0.609. The van der Waals surface area contributed by atoms with Crippen LogP contribution in [0.1, 0.15) is 65.2 Å². The van der Waals surface area contributed by atoms with E-state index in [-0.39, 0.29) is 23.0 Å². The van der Waals surface area contributed by atoms with Crippen LogP contribution in [0, 0.1) is 59.3 Å². The molecule has 5 fully saturated rings. The third-order valence-corrected chi connectivity index (χ3v) is 10.8. The summed E-state index contributed by atoms with van der Waals surface area (Å²) >= 11 is 6.04. The van der Waals surface area contributed by atoms with Gasteiger partial charge in [0.1, 0.15) is 0 Å². The smallest absolute Gasteiger partial charge is 0.242 e. The molecule has 10 atom stereocenters. The first-order chi connectivity index (χ1) is 15.2. The Bertz CT molecular complexity index is 996. The Balaban J connectivity index is 1.22. The van der Waals surface area contributed by atoms with Crippen molar-refractivity contribution < 1.29 is 9.90 Å². The lowest BCUT2D eigenvalue weighted by Gasteiger charge is -2.57. The molecule has 0 aliphatic heterocycles. The Morgan fingerprint density at radius 3 is 2.72 bits per heavy atom. The first-order valence-electron chi connectivity index (χ1n) is 12.6. The highest BCUT2D eigenvalue weighted by Crippen LogP contribution is 2.74. The molecule has 5 aliphatic rings. The number of fused-ring (bicyclic) bond motifs is 7. The van der Waals surface area contributed by atoms with Crippen molar-refractivity contribution in [3.05, 3.63) is 22.8 Å². The first kappa shape index (κ1) is 21.2. The summed E-state index contributed by atoms with van der Waals surface area (Å²) in [6, 6.07) is 0. The molecular formula is C26H34ClN3O2. The summed E-state index contributed by atoms with van der Waals surface area (Å²) in [6.45, 7) is 11.9. The molecule has 0 spiro atoms. The lowest BCUT2D eigenvalue weighted by atomic mass is 9.48. The summed E-state index contributed by atoms with van der Waals surface area (Å²) in [7, 11) is 0. The van der Waals surface area contributed by atoms with Crippen LogP contribution in [0.4, 0.5) is 5.69 Å². The Morgan fingerprint density at radius 2 is 1.97 bits per heavy atom. The highest BCUT2D eigenvalue weighted by atomic mass is 35.5. The Kier molecular flexibility index (Phi) is 4.67. The maximum Gasteiger partial charge on any atom is 0.242 e. The fourth-order valence-electron chi connectivity index (χ4n) is 9.46. The molecule has 0 amide bonds. The number of Topliss-reactive ketones (excluding diaryl/α,β-unsaturated/α-hetero) is 1. The lowest BCUT2D eigenvalue weighted by molar-refractivity contribution is -0.136. The number of hydrogen-bond acceptors (Lipinski definition) is 3. The van der Waals surface area contributed by atoms with Gasteiger partial charge in [-0.2, -0.15) is 5.10 Å². The van der Waals surface area contributed by atoms with Gasteiger partial charge in [-0.3, -0.25) is 9.48 Å². The van der Waals surface area contributed by atoms with Crippen molar-refractivity contribution in [3.63, 3.8) is 0 Å². The van der Waals surface area contributed by atoms with E-state index >= 15 is 0 Å². The van der Waals surface area contributed by atoms with E-state index in [4.69, 9.17) is 18.2 Å². The molecule has 5 saturated carbocycles. The number of aliphatic hydroxyl groups is 1. The zero-order valence-electron chi connectivity index (χ0n) is 19.1. The summed E-state index contributed by atoms with van der Waals surface area (Å²) in [4.78, 5) is 17.0. The van der Waals surface area contributed by atoms with Crippen molar-refractivity contribution in [3.8, 4) is 0 Å². The maximum atomic E-state index is 13.6. The first-order valence-corrected chi connectivity index (χ1v) is 12.9. The van der Waals surface area contributed by atoms with Gasteiger partial charge in [0.25, 0.3) is 0 Å². The summed E-state index contributed by atoms with van der Waals surface area (Å²) in [5, 5.41) is 15.0.